The molecule has 0 aliphatic carbocycles. The average molecular weight is 262 g/mol. The van der Waals surface area contributed by atoms with Gasteiger partial charge in [0.1, 0.15) is 11.6 Å². The molecule has 0 aliphatic rings. The van der Waals surface area contributed by atoms with Gasteiger partial charge in [0.2, 0.25) is 0 Å². The largest absolute Gasteiger partial charge is 0.469 e. The van der Waals surface area contributed by atoms with Crippen LogP contribution in [-0.2, 0) is 6.54 Å². The summed E-state index contributed by atoms with van der Waals surface area (Å²) in [6, 6.07) is 6.01. The smallest absolute Gasteiger partial charge is 0.256 e. The van der Waals surface area contributed by atoms with E-state index in [4.69, 9.17) is 10.2 Å². The summed E-state index contributed by atoms with van der Waals surface area (Å²) >= 11 is 0. The number of hydrogen-bond acceptors (Lipinski definition) is 3. The number of benzene rings is 1. The highest BCUT2D eigenvalue weighted by molar-refractivity contribution is 5.99. The first kappa shape index (κ1) is 13.1. The molecule has 4 nitrogen and oxygen atoms in total. The van der Waals surface area contributed by atoms with Crippen LogP contribution >= 0.6 is 0 Å². The fraction of sp³-hybridized carbons (Fsp3) is 0.214. The topological polar surface area (TPSA) is 59.5 Å². The number of furan rings is 1. The minimum absolute atomic E-state index is 0.122. The summed E-state index contributed by atoms with van der Waals surface area (Å²) < 4.78 is 18.5. The van der Waals surface area contributed by atoms with Gasteiger partial charge >= 0.3 is 0 Å². The molecule has 0 spiro atoms. The predicted octanol–water partition coefficient (Wildman–Crippen LogP) is 2.58. The third-order valence-corrected chi connectivity index (χ3v) is 3.00. The number of halogens is 1. The van der Waals surface area contributed by atoms with Gasteiger partial charge in [-0.2, -0.15) is 0 Å². The highest BCUT2D eigenvalue weighted by atomic mass is 19.1. The first-order chi connectivity index (χ1) is 9.00. The van der Waals surface area contributed by atoms with E-state index < -0.39 is 5.82 Å². The van der Waals surface area contributed by atoms with Crippen LogP contribution in [0.2, 0.25) is 0 Å². The van der Waals surface area contributed by atoms with Crippen molar-refractivity contribution in [3.05, 3.63) is 53.2 Å². The lowest BCUT2D eigenvalue weighted by atomic mass is 10.1. The van der Waals surface area contributed by atoms with Gasteiger partial charge in [0.15, 0.2) is 0 Å². The van der Waals surface area contributed by atoms with Gasteiger partial charge < -0.3 is 15.1 Å². The molecule has 0 unspecified atom stereocenters. The third-order valence-electron chi connectivity index (χ3n) is 3.00. The van der Waals surface area contributed by atoms with Crippen LogP contribution in [0.25, 0.3) is 0 Å². The number of rotatable bonds is 3. The van der Waals surface area contributed by atoms with Crippen LogP contribution in [0.4, 0.5) is 10.1 Å². The number of amides is 1. The molecule has 2 rings (SSSR count). The molecule has 100 valence electrons. The van der Waals surface area contributed by atoms with Gasteiger partial charge in [-0.3, -0.25) is 4.79 Å². The highest BCUT2D eigenvalue weighted by Crippen LogP contribution is 2.19. The summed E-state index contributed by atoms with van der Waals surface area (Å²) in [7, 11) is 1.64. The molecular weight excluding hydrogens is 247 g/mol. The van der Waals surface area contributed by atoms with Crippen molar-refractivity contribution in [1.82, 2.24) is 4.90 Å². The minimum Gasteiger partial charge on any atom is -0.469 e. The Balaban J connectivity index is 2.20. The fourth-order valence-corrected chi connectivity index (χ4v) is 1.83. The van der Waals surface area contributed by atoms with Gasteiger partial charge in [-0.15, -0.1) is 0 Å². The molecule has 1 aromatic carbocycles. The Bertz CT molecular complexity index is 607. The van der Waals surface area contributed by atoms with E-state index in [1.165, 1.54) is 23.1 Å². The first-order valence-corrected chi connectivity index (χ1v) is 5.83. The summed E-state index contributed by atoms with van der Waals surface area (Å²) in [5.74, 6) is -0.150. The Kier molecular flexibility index (Phi) is 3.55. The van der Waals surface area contributed by atoms with E-state index >= 15 is 0 Å². The fourth-order valence-electron chi connectivity index (χ4n) is 1.83. The van der Waals surface area contributed by atoms with Crippen molar-refractivity contribution in [2.75, 3.05) is 12.8 Å². The number of aryl methyl sites for hydroxylation is 1. The number of nitrogen functional groups attached to an aromatic ring is 1. The van der Waals surface area contributed by atoms with Crippen molar-refractivity contribution in [1.29, 1.82) is 0 Å². The van der Waals surface area contributed by atoms with Gasteiger partial charge in [-0.1, -0.05) is 6.07 Å². The zero-order valence-corrected chi connectivity index (χ0v) is 10.8. The summed E-state index contributed by atoms with van der Waals surface area (Å²) in [5, 5.41) is 0. The zero-order valence-electron chi connectivity index (χ0n) is 10.8. The molecule has 0 saturated heterocycles. The lowest BCUT2D eigenvalue weighted by molar-refractivity contribution is 0.0785. The molecule has 0 radical (unpaired) electrons. The second kappa shape index (κ2) is 5.14. The van der Waals surface area contributed by atoms with Gasteiger partial charge in [0.05, 0.1) is 17.5 Å². The molecule has 1 heterocycles. The Morgan fingerprint density at radius 2 is 2.16 bits per heavy atom. The molecule has 0 saturated carbocycles. The van der Waals surface area contributed by atoms with E-state index in [2.05, 4.69) is 0 Å². The predicted molar refractivity (Wildman–Crippen MR) is 70.1 cm³/mol. The molecular formula is C14H15FN2O2. The molecule has 0 fully saturated rings. The maximum atomic E-state index is 13.3. The Labute approximate surface area is 110 Å². The summed E-state index contributed by atoms with van der Waals surface area (Å²) in [4.78, 5) is 13.7. The molecule has 5 heteroatoms. The number of nitrogens with zero attached hydrogens (tertiary/aromatic N) is 1. The quantitative estimate of drug-likeness (QED) is 0.865. The summed E-state index contributed by atoms with van der Waals surface area (Å²) in [5.41, 5.74) is 6.54. The van der Waals surface area contributed by atoms with Crippen LogP contribution in [0.5, 0.6) is 0 Å². The van der Waals surface area contributed by atoms with Crippen molar-refractivity contribution in [3.8, 4) is 0 Å². The van der Waals surface area contributed by atoms with Gasteiger partial charge in [0.25, 0.3) is 5.91 Å². The maximum Gasteiger partial charge on any atom is 0.256 e. The van der Waals surface area contributed by atoms with Crippen LogP contribution in [0.1, 0.15) is 21.7 Å². The molecule has 0 bridgehead atoms. The lowest BCUT2D eigenvalue weighted by Crippen LogP contribution is -2.27. The zero-order chi connectivity index (χ0) is 14.0. The van der Waals surface area contributed by atoms with E-state index in [1.807, 2.05) is 6.92 Å². The molecule has 0 atom stereocenters. The van der Waals surface area contributed by atoms with E-state index in [0.717, 1.165) is 11.3 Å². The van der Waals surface area contributed by atoms with Gasteiger partial charge in [-0.25, -0.2) is 4.39 Å². The number of para-hydroxylation sites is 1. The first-order valence-electron chi connectivity index (χ1n) is 5.83. The van der Waals surface area contributed by atoms with Crippen molar-refractivity contribution < 1.29 is 13.6 Å². The summed E-state index contributed by atoms with van der Waals surface area (Å²) in [6.07, 6.45) is 1.57. The molecule has 1 aromatic heterocycles. The van der Waals surface area contributed by atoms with Crippen LogP contribution < -0.4 is 5.73 Å². The minimum atomic E-state index is -0.584. The van der Waals surface area contributed by atoms with Crippen LogP contribution in [0.15, 0.2) is 34.9 Å². The van der Waals surface area contributed by atoms with Crippen molar-refractivity contribution >= 4 is 11.6 Å². The summed E-state index contributed by atoms with van der Waals surface area (Å²) in [6.45, 7) is 2.21. The van der Waals surface area contributed by atoms with Crippen LogP contribution in [0.3, 0.4) is 0 Å². The van der Waals surface area contributed by atoms with Crippen LogP contribution in [-0.4, -0.2) is 17.9 Å². The SMILES string of the molecule is Cc1occc1CN(C)C(=O)c1cccc(F)c1N. The van der Waals surface area contributed by atoms with E-state index in [9.17, 15) is 9.18 Å². The number of carbonyl (C=O) groups excluding carboxylic acids is 1. The second-order valence-corrected chi connectivity index (χ2v) is 4.36. The monoisotopic (exact) mass is 262 g/mol. The average Bonchev–Trinajstić information content (AvgIpc) is 2.77. The standard InChI is InChI=1S/C14H15FN2O2/c1-9-10(6-7-19-9)8-17(2)14(18)11-4-3-5-12(15)13(11)16/h3-7H,8,16H2,1-2H3. The molecule has 1 amide bonds. The Morgan fingerprint density at radius 1 is 1.42 bits per heavy atom. The van der Waals surface area contributed by atoms with Crippen molar-refractivity contribution in [2.24, 2.45) is 0 Å². The number of anilines is 1. The van der Waals surface area contributed by atoms with Crippen molar-refractivity contribution in [2.45, 2.75) is 13.5 Å². The van der Waals surface area contributed by atoms with E-state index in [-0.39, 0.29) is 17.2 Å². The number of hydrogen-bond donors (Lipinski definition) is 1. The normalized spacial score (nSPS) is 10.5. The maximum absolute atomic E-state index is 13.3. The number of nitrogens with two attached hydrogens (primary N) is 1. The molecule has 19 heavy (non-hydrogen) atoms. The number of carbonyl (C=O) groups is 1. The molecule has 0 aliphatic heterocycles. The third kappa shape index (κ3) is 2.59. The van der Waals surface area contributed by atoms with Crippen molar-refractivity contribution in [3.63, 3.8) is 0 Å². The second-order valence-electron chi connectivity index (χ2n) is 4.36. The van der Waals surface area contributed by atoms with E-state index in [1.54, 1.807) is 19.4 Å². The van der Waals surface area contributed by atoms with Crippen LogP contribution in [0, 0.1) is 12.7 Å². The molecule has 2 aromatic rings. The van der Waals surface area contributed by atoms with Gasteiger partial charge in [0, 0.05) is 19.2 Å². The molecule has 2 N–H and O–H groups in total. The van der Waals surface area contributed by atoms with Gasteiger partial charge in [-0.05, 0) is 25.1 Å². The highest BCUT2D eigenvalue weighted by Gasteiger charge is 2.17. The Hall–Kier alpha value is -2.30. The van der Waals surface area contributed by atoms with E-state index in [0.29, 0.717) is 6.54 Å². The Morgan fingerprint density at radius 3 is 2.79 bits per heavy atom. The lowest BCUT2D eigenvalue weighted by Gasteiger charge is -2.18.